The molecule has 0 heterocycles. The lowest BCUT2D eigenvalue weighted by atomic mass is 9.80. The van der Waals surface area contributed by atoms with E-state index in [-0.39, 0.29) is 5.41 Å². The molecule has 0 spiro atoms. The molecule has 0 aliphatic carbocycles. The molecule has 0 aromatic rings. The van der Waals surface area contributed by atoms with E-state index in [9.17, 15) is 0 Å². The Balaban J connectivity index is 4.67. The summed E-state index contributed by atoms with van der Waals surface area (Å²) in [5.74, 6) is 0. The quantitative estimate of drug-likeness (QED) is 0.365. The molecular weight excluding hydrogens is 276 g/mol. The van der Waals surface area contributed by atoms with Crippen molar-refractivity contribution in [1.82, 2.24) is 0 Å². The monoisotopic (exact) mass is 316 g/mol. The van der Waals surface area contributed by atoms with Crippen LogP contribution < -0.4 is 0 Å². The van der Waals surface area contributed by atoms with Gasteiger partial charge in [-0.05, 0) is 32.0 Å². The Kier molecular flexibility index (Phi) is 11.7. The van der Waals surface area contributed by atoms with Gasteiger partial charge in [0.15, 0.2) is 8.32 Å². The third kappa shape index (κ3) is 9.70. The summed E-state index contributed by atoms with van der Waals surface area (Å²) in [6.07, 6.45) is 10.2. The van der Waals surface area contributed by atoms with Crippen molar-refractivity contribution in [3.8, 4) is 0 Å². The van der Waals surface area contributed by atoms with E-state index in [4.69, 9.17) is 9.16 Å². The van der Waals surface area contributed by atoms with Crippen LogP contribution in [0.15, 0.2) is 0 Å². The first-order chi connectivity index (χ1) is 9.95. The van der Waals surface area contributed by atoms with Crippen LogP contribution in [0.1, 0.15) is 72.1 Å². The fraction of sp³-hybridized carbons (Fsp3) is 1.00. The Morgan fingerprint density at radius 2 is 1.33 bits per heavy atom. The zero-order valence-electron chi connectivity index (χ0n) is 15.6. The molecule has 0 aliphatic rings. The van der Waals surface area contributed by atoms with Crippen molar-refractivity contribution in [1.29, 1.82) is 0 Å². The third-order valence-corrected chi connectivity index (χ3v) is 6.96. The van der Waals surface area contributed by atoms with Crippen molar-refractivity contribution >= 4 is 8.32 Å². The lowest BCUT2D eigenvalue weighted by Crippen LogP contribution is -2.39. The van der Waals surface area contributed by atoms with Crippen LogP contribution in [0.25, 0.3) is 0 Å². The van der Waals surface area contributed by atoms with E-state index in [0.717, 1.165) is 13.2 Å². The number of ether oxygens (including phenoxy) is 1. The first-order valence-corrected chi connectivity index (χ1v) is 12.2. The van der Waals surface area contributed by atoms with Gasteiger partial charge in [0.2, 0.25) is 0 Å². The molecule has 0 aliphatic heterocycles. The average Bonchev–Trinajstić information content (AvgIpc) is 2.47. The molecule has 0 aromatic carbocycles. The van der Waals surface area contributed by atoms with Crippen LogP contribution in [0.4, 0.5) is 0 Å². The maximum atomic E-state index is 6.50. The number of hydrogen-bond donors (Lipinski definition) is 0. The van der Waals surface area contributed by atoms with Crippen molar-refractivity contribution in [2.24, 2.45) is 5.41 Å². The van der Waals surface area contributed by atoms with E-state index < -0.39 is 8.32 Å². The van der Waals surface area contributed by atoms with Crippen LogP contribution in [0, 0.1) is 5.41 Å². The molecule has 0 aromatic heterocycles. The molecule has 128 valence electrons. The number of unbranched alkanes of at least 4 members (excludes halogenated alkanes) is 3. The van der Waals surface area contributed by atoms with Crippen LogP contribution >= 0.6 is 0 Å². The second kappa shape index (κ2) is 11.7. The molecule has 2 nitrogen and oxygen atoms in total. The fourth-order valence-corrected chi connectivity index (χ4v) is 4.93. The van der Waals surface area contributed by atoms with E-state index >= 15 is 0 Å². The second-order valence-corrected chi connectivity index (χ2v) is 11.6. The van der Waals surface area contributed by atoms with Gasteiger partial charge in [-0.3, -0.25) is 0 Å². The second-order valence-electron chi connectivity index (χ2n) is 7.29. The summed E-state index contributed by atoms with van der Waals surface area (Å²) in [6, 6.07) is 1.29. The molecule has 0 N–H and O–H groups in total. The van der Waals surface area contributed by atoms with Gasteiger partial charge in [0, 0.05) is 19.1 Å². The van der Waals surface area contributed by atoms with Gasteiger partial charge in [-0.1, -0.05) is 59.3 Å². The summed E-state index contributed by atoms with van der Waals surface area (Å²) in [4.78, 5) is 0. The lowest BCUT2D eigenvalue weighted by Gasteiger charge is -2.36. The molecular formula is C18H40O2Si. The van der Waals surface area contributed by atoms with E-state index in [1.54, 1.807) is 0 Å². The molecule has 0 atom stereocenters. The Hall–Kier alpha value is 0.137. The molecule has 0 radical (unpaired) electrons. The third-order valence-electron chi connectivity index (χ3n) is 4.47. The first-order valence-electron chi connectivity index (χ1n) is 9.08. The summed E-state index contributed by atoms with van der Waals surface area (Å²) in [6.45, 7) is 13.3. The number of rotatable bonds is 14. The normalized spacial score (nSPS) is 12.9. The Bertz CT molecular complexity index is 233. The zero-order valence-corrected chi connectivity index (χ0v) is 16.6. The fourth-order valence-electron chi connectivity index (χ4n) is 2.89. The summed E-state index contributed by atoms with van der Waals surface area (Å²) < 4.78 is 12.1. The molecule has 0 bridgehead atoms. The topological polar surface area (TPSA) is 18.5 Å². The molecule has 0 amide bonds. The SMILES string of the molecule is CCCCC(CCCC)(COC)CO[Si](C)(C)CCCC. The highest BCUT2D eigenvalue weighted by molar-refractivity contribution is 6.71. The zero-order chi connectivity index (χ0) is 16.2. The van der Waals surface area contributed by atoms with E-state index in [1.165, 1.54) is 57.4 Å². The molecule has 0 fully saturated rings. The van der Waals surface area contributed by atoms with Crippen LogP contribution in [0.2, 0.25) is 19.1 Å². The highest BCUT2D eigenvalue weighted by Crippen LogP contribution is 2.33. The predicted octanol–water partition coefficient (Wildman–Crippen LogP) is 6.02. The van der Waals surface area contributed by atoms with Crippen molar-refractivity contribution in [2.75, 3.05) is 20.3 Å². The summed E-state index contributed by atoms with van der Waals surface area (Å²) in [5.41, 5.74) is 0.247. The van der Waals surface area contributed by atoms with Crippen molar-refractivity contribution in [3.05, 3.63) is 0 Å². The Morgan fingerprint density at radius 1 is 0.810 bits per heavy atom. The van der Waals surface area contributed by atoms with Gasteiger partial charge in [0.25, 0.3) is 0 Å². The van der Waals surface area contributed by atoms with Crippen molar-refractivity contribution in [2.45, 2.75) is 91.3 Å². The summed E-state index contributed by atoms with van der Waals surface area (Å²) in [7, 11) is 0.342. The maximum Gasteiger partial charge on any atom is 0.186 e. The maximum absolute atomic E-state index is 6.50. The van der Waals surface area contributed by atoms with E-state index in [2.05, 4.69) is 33.9 Å². The van der Waals surface area contributed by atoms with Gasteiger partial charge in [0.1, 0.15) is 0 Å². The minimum Gasteiger partial charge on any atom is -0.417 e. The number of methoxy groups -OCH3 is 1. The van der Waals surface area contributed by atoms with Crippen LogP contribution in [0.3, 0.4) is 0 Å². The minimum atomic E-state index is -1.50. The van der Waals surface area contributed by atoms with Crippen LogP contribution in [-0.4, -0.2) is 28.6 Å². The molecule has 0 saturated carbocycles. The van der Waals surface area contributed by atoms with E-state index in [0.29, 0.717) is 0 Å². The van der Waals surface area contributed by atoms with Crippen LogP contribution in [0.5, 0.6) is 0 Å². The van der Waals surface area contributed by atoms with E-state index in [1.807, 2.05) is 7.11 Å². The molecule has 0 rings (SSSR count). The van der Waals surface area contributed by atoms with Crippen LogP contribution in [-0.2, 0) is 9.16 Å². The molecule has 3 heteroatoms. The first kappa shape index (κ1) is 21.1. The van der Waals surface area contributed by atoms with Gasteiger partial charge in [0.05, 0.1) is 6.61 Å². The highest BCUT2D eigenvalue weighted by atomic mass is 28.4. The number of hydrogen-bond acceptors (Lipinski definition) is 2. The molecule has 21 heavy (non-hydrogen) atoms. The van der Waals surface area contributed by atoms with Crippen molar-refractivity contribution < 1.29 is 9.16 Å². The van der Waals surface area contributed by atoms with Gasteiger partial charge < -0.3 is 9.16 Å². The Labute approximate surface area is 135 Å². The van der Waals surface area contributed by atoms with Gasteiger partial charge >= 0.3 is 0 Å². The molecule has 0 unspecified atom stereocenters. The largest absolute Gasteiger partial charge is 0.417 e. The van der Waals surface area contributed by atoms with Gasteiger partial charge in [-0.25, -0.2) is 0 Å². The van der Waals surface area contributed by atoms with Gasteiger partial charge in [-0.15, -0.1) is 0 Å². The predicted molar refractivity (Wildman–Crippen MR) is 96.5 cm³/mol. The van der Waals surface area contributed by atoms with Gasteiger partial charge in [-0.2, -0.15) is 0 Å². The minimum absolute atomic E-state index is 0.247. The molecule has 0 saturated heterocycles. The average molecular weight is 317 g/mol. The van der Waals surface area contributed by atoms with Crippen molar-refractivity contribution in [3.63, 3.8) is 0 Å². The smallest absolute Gasteiger partial charge is 0.186 e. The highest BCUT2D eigenvalue weighted by Gasteiger charge is 2.33. The Morgan fingerprint density at radius 3 is 1.76 bits per heavy atom. The summed E-state index contributed by atoms with van der Waals surface area (Å²) >= 11 is 0. The lowest BCUT2D eigenvalue weighted by molar-refractivity contribution is 0.0191. The summed E-state index contributed by atoms with van der Waals surface area (Å²) in [5, 5.41) is 0. The standard InChI is InChI=1S/C18H40O2Si/c1-7-10-13-18(16-19-4,14-11-8-2)17-20-21(5,6)15-12-9-3/h7-17H2,1-6H3.